The summed E-state index contributed by atoms with van der Waals surface area (Å²) in [6.07, 6.45) is 1.65. The van der Waals surface area contributed by atoms with E-state index in [2.05, 4.69) is 21.2 Å². The molecule has 1 N–H and O–H groups in total. The number of imide groups is 1. The summed E-state index contributed by atoms with van der Waals surface area (Å²) in [4.78, 5) is 37.8. The van der Waals surface area contributed by atoms with Crippen LogP contribution in [0.2, 0.25) is 0 Å². The number of halogens is 1. The number of anilines is 1. The minimum atomic E-state index is -0.457. The van der Waals surface area contributed by atoms with E-state index in [4.69, 9.17) is 0 Å². The molecule has 0 atom stereocenters. The lowest BCUT2D eigenvalue weighted by molar-refractivity contribution is -0.127. The standard InChI is InChI=1S/C18H13BrN2O3S/c19-13-8-6-12(7-9-13)10-15-17(23)21(18(24)25-15)11-16(22)20-14-4-2-1-3-5-14/h1-10H,11H2,(H,20,22)/b15-10-. The number of nitrogens with one attached hydrogen (secondary N) is 1. The molecule has 0 aromatic heterocycles. The Labute approximate surface area is 157 Å². The van der Waals surface area contributed by atoms with Gasteiger partial charge in [-0.3, -0.25) is 19.3 Å². The quantitative estimate of drug-likeness (QED) is 0.760. The van der Waals surface area contributed by atoms with Crippen LogP contribution < -0.4 is 5.32 Å². The number of rotatable bonds is 4. The largest absolute Gasteiger partial charge is 0.325 e. The molecule has 0 spiro atoms. The molecule has 3 amide bonds. The van der Waals surface area contributed by atoms with Crippen LogP contribution in [0, 0.1) is 0 Å². The van der Waals surface area contributed by atoms with Gasteiger partial charge in [0.05, 0.1) is 4.91 Å². The van der Waals surface area contributed by atoms with Crippen LogP contribution in [0.4, 0.5) is 10.5 Å². The Morgan fingerprint density at radius 1 is 1.08 bits per heavy atom. The normalized spacial score (nSPS) is 15.7. The van der Waals surface area contributed by atoms with Gasteiger partial charge in [-0.05, 0) is 47.7 Å². The lowest BCUT2D eigenvalue weighted by Crippen LogP contribution is -2.36. The van der Waals surface area contributed by atoms with Crippen molar-refractivity contribution in [2.75, 3.05) is 11.9 Å². The Kier molecular flexibility index (Phi) is 5.35. The van der Waals surface area contributed by atoms with Gasteiger partial charge in [0.2, 0.25) is 5.91 Å². The number of carbonyl (C=O) groups is 3. The molecule has 1 heterocycles. The van der Waals surface area contributed by atoms with Gasteiger partial charge in [0.25, 0.3) is 11.1 Å². The lowest BCUT2D eigenvalue weighted by Gasteiger charge is -2.12. The smallest absolute Gasteiger partial charge is 0.294 e. The zero-order valence-corrected chi connectivity index (χ0v) is 15.3. The summed E-state index contributed by atoms with van der Waals surface area (Å²) in [7, 11) is 0. The van der Waals surface area contributed by atoms with Crippen molar-refractivity contribution in [2.24, 2.45) is 0 Å². The van der Waals surface area contributed by atoms with Gasteiger partial charge in [0.15, 0.2) is 0 Å². The Hall–Kier alpha value is -2.38. The van der Waals surface area contributed by atoms with Crippen molar-refractivity contribution >= 4 is 56.5 Å². The van der Waals surface area contributed by atoms with E-state index in [9.17, 15) is 14.4 Å². The first-order valence-corrected chi connectivity index (χ1v) is 9.00. The number of hydrogen-bond acceptors (Lipinski definition) is 4. The third kappa shape index (κ3) is 4.37. The first kappa shape index (κ1) is 17.4. The molecule has 2 aromatic rings. The average Bonchev–Trinajstić information content (AvgIpc) is 2.85. The number of thioether (sulfide) groups is 1. The van der Waals surface area contributed by atoms with Crippen LogP contribution in [0.5, 0.6) is 0 Å². The summed E-state index contributed by atoms with van der Waals surface area (Å²) in [6, 6.07) is 16.2. The summed E-state index contributed by atoms with van der Waals surface area (Å²) >= 11 is 4.18. The number of benzene rings is 2. The number of hydrogen-bond donors (Lipinski definition) is 1. The molecule has 3 rings (SSSR count). The Bertz CT molecular complexity index is 850. The van der Waals surface area contributed by atoms with Crippen LogP contribution in [0.15, 0.2) is 64.0 Å². The summed E-state index contributed by atoms with van der Waals surface area (Å²) in [5, 5.41) is 2.21. The maximum absolute atomic E-state index is 12.4. The second kappa shape index (κ2) is 7.67. The highest BCUT2D eigenvalue weighted by Crippen LogP contribution is 2.32. The molecule has 0 bridgehead atoms. The van der Waals surface area contributed by atoms with Crippen molar-refractivity contribution < 1.29 is 14.4 Å². The third-order valence-electron chi connectivity index (χ3n) is 3.40. The molecular formula is C18H13BrN2O3S. The minimum Gasteiger partial charge on any atom is -0.325 e. The van der Waals surface area contributed by atoms with E-state index in [1.54, 1.807) is 30.3 Å². The van der Waals surface area contributed by atoms with Crippen molar-refractivity contribution in [1.82, 2.24) is 4.90 Å². The molecule has 0 saturated carbocycles. The van der Waals surface area contributed by atoms with Gasteiger partial charge in [0.1, 0.15) is 6.54 Å². The van der Waals surface area contributed by atoms with Gasteiger partial charge in [0, 0.05) is 10.2 Å². The monoisotopic (exact) mass is 416 g/mol. The number of nitrogens with zero attached hydrogens (tertiary/aromatic N) is 1. The number of carbonyl (C=O) groups excluding carboxylic acids is 3. The Morgan fingerprint density at radius 3 is 2.44 bits per heavy atom. The highest BCUT2D eigenvalue weighted by atomic mass is 79.9. The van der Waals surface area contributed by atoms with Crippen LogP contribution >= 0.6 is 27.7 Å². The molecule has 25 heavy (non-hydrogen) atoms. The van der Waals surface area contributed by atoms with E-state index < -0.39 is 17.1 Å². The zero-order valence-electron chi connectivity index (χ0n) is 12.9. The van der Waals surface area contributed by atoms with E-state index >= 15 is 0 Å². The fourth-order valence-corrected chi connectivity index (χ4v) is 3.31. The predicted molar refractivity (Wildman–Crippen MR) is 102 cm³/mol. The fraction of sp³-hybridized carbons (Fsp3) is 0.0556. The first-order chi connectivity index (χ1) is 12.0. The molecule has 1 saturated heterocycles. The van der Waals surface area contributed by atoms with Crippen molar-refractivity contribution in [1.29, 1.82) is 0 Å². The molecule has 7 heteroatoms. The molecule has 2 aromatic carbocycles. The summed E-state index contributed by atoms with van der Waals surface area (Å²) < 4.78 is 0.926. The van der Waals surface area contributed by atoms with Crippen molar-refractivity contribution in [2.45, 2.75) is 0 Å². The molecule has 0 aliphatic carbocycles. The van der Waals surface area contributed by atoms with Gasteiger partial charge < -0.3 is 5.32 Å². The predicted octanol–water partition coefficient (Wildman–Crippen LogP) is 4.12. The van der Waals surface area contributed by atoms with E-state index in [0.29, 0.717) is 10.6 Å². The maximum atomic E-state index is 12.4. The van der Waals surface area contributed by atoms with Crippen LogP contribution in [0.25, 0.3) is 6.08 Å². The van der Waals surface area contributed by atoms with Crippen molar-refractivity contribution in [3.8, 4) is 0 Å². The lowest BCUT2D eigenvalue weighted by atomic mass is 10.2. The fourth-order valence-electron chi connectivity index (χ4n) is 2.21. The van der Waals surface area contributed by atoms with Crippen LogP contribution in [-0.2, 0) is 9.59 Å². The molecular weight excluding hydrogens is 404 g/mol. The van der Waals surface area contributed by atoms with Gasteiger partial charge >= 0.3 is 0 Å². The Balaban J connectivity index is 1.69. The topological polar surface area (TPSA) is 66.5 Å². The highest BCUT2D eigenvalue weighted by Gasteiger charge is 2.36. The molecule has 0 unspecified atom stereocenters. The van der Waals surface area contributed by atoms with Crippen LogP contribution in [-0.4, -0.2) is 28.5 Å². The van der Waals surface area contributed by atoms with Crippen molar-refractivity contribution in [3.05, 3.63) is 69.5 Å². The SMILES string of the molecule is O=C(CN1C(=O)S/C(=C\c2ccc(Br)cc2)C1=O)Nc1ccccc1. The van der Waals surface area contributed by atoms with E-state index in [1.165, 1.54) is 0 Å². The Morgan fingerprint density at radius 2 is 1.76 bits per heavy atom. The molecule has 126 valence electrons. The molecule has 1 aliphatic rings. The van der Waals surface area contributed by atoms with Crippen LogP contribution in [0.3, 0.4) is 0 Å². The highest BCUT2D eigenvalue weighted by molar-refractivity contribution is 9.10. The first-order valence-electron chi connectivity index (χ1n) is 7.39. The number of para-hydroxylation sites is 1. The summed E-state index contributed by atoms with van der Waals surface area (Å²) in [5.74, 6) is -0.875. The van der Waals surface area contributed by atoms with Gasteiger partial charge in [-0.25, -0.2) is 0 Å². The summed E-state index contributed by atoms with van der Waals surface area (Å²) in [6.45, 7) is -0.308. The zero-order chi connectivity index (χ0) is 17.8. The second-order valence-corrected chi connectivity index (χ2v) is 7.14. The molecule has 5 nitrogen and oxygen atoms in total. The van der Waals surface area contributed by atoms with Gasteiger partial charge in [-0.1, -0.05) is 46.3 Å². The van der Waals surface area contributed by atoms with Crippen LogP contribution in [0.1, 0.15) is 5.56 Å². The van der Waals surface area contributed by atoms with E-state index in [-0.39, 0.29) is 6.54 Å². The van der Waals surface area contributed by atoms with E-state index in [1.807, 2.05) is 30.3 Å². The molecule has 1 aliphatic heterocycles. The third-order valence-corrected chi connectivity index (χ3v) is 4.84. The number of amides is 3. The van der Waals surface area contributed by atoms with Gasteiger partial charge in [-0.2, -0.15) is 0 Å². The van der Waals surface area contributed by atoms with Gasteiger partial charge in [-0.15, -0.1) is 0 Å². The maximum Gasteiger partial charge on any atom is 0.294 e. The molecule has 0 radical (unpaired) electrons. The minimum absolute atomic E-state index is 0.305. The second-order valence-electron chi connectivity index (χ2n) is 5.23. The van der Waals surface area contributed by atoms with E-state index in [0.717, 1.165) is 26.7 Å². The summed E-state index contributed by atoms with van der Waals surface area (Å²) in [5.41, 5.74) is 1.42. The average molecular weight is 417 g/mol. The van der Waals surface area contributed by atoms with Crippen molar-refractivity contribution in [3.63, 3.8) is 0 Å². The molecule has 1 fully saturated rings.